The molecule has 30 heavy (non-hydrogen) atoms. The average Bonchev–Trinajstić information content (AvgIpc) is 2.82. The molecule has 1 N–H and O–H groups in total. The number of benzene rings is 2. The van der Waals surface area contributed by atoms with Gasteiger partial charge in [-0.05, 0) is 43.5 Å². The topological polar surface area (TPSA) is 77.9 Å². The molecule has 0 spiro atoms. The van der Waals surface area contributed by atoms with Crippen molar-refractivity contribution in [3.63, 3.8) is 0 Å². The van der Waals surface area contributed by atoms with Crippen LogP contribution in [0, 0.1) is 5.92 Å². The highest BCUT2D eigenvalue weighted by Crippen LogP contribution is 2.40. The second kappa shape index (κ2) is 8.24. The molecule has 7 heteroatoms. The first-order valence-corrected chi connectivity index (χ1v) is 11.7. The molecule has 4 rings (SSSR count). The van der Waals surface area contributed by atoms with Gasteiger partial charge in [0.15, 0.2) is 0 Å². The molecular formula is C23H26N2O4S. The van der Waals surface area contributed by atoms with Crippen LogP contribution in [0.5, 0.6) is 0 Å². The summed E-state index contributed by atoms with van der Waals surface area (Å²) >= 11 is 0. The van der Waals surface area contributed by atoms with Crippen molar-refractivity contribution in [1.29, 1.82) is 0 Å². The number of hydrogen-bond donors (Lipinski definition) is 1. The summed E-state index contributed by atoms with van der Waals surface area (Å²) in [5, 5.41) is 9.31. The first-order chi connectivity index (χ1) is 14.4. The highest BCUT2D eigenvalue weighted by molar-refractivity contribution is 7.93. The molecule has 0 amide bonds. The number of carboxylic acid groups (broad SMARTS) is 1. The lowest BCUT2D eigenvalue weighted by Crippen LogP contribution is -2.39. The second-order valence-electron chi connectivity index (χ2n) is 7.87. The summed E-state index contributed by atoms with van der Waals surface area (Å²) in [7, 11) is -2.06. The number of anilines is 1. The van der Waals surface area contributed by atoms with Crippen molar-refractivity contribution in [2.75, 3.05) is 31.0 Å². The van der Waals surface area contributed by atoms with Gasteiger partial charge in [0.25, 0.3) is 10.0 Å². The van der Waals surface area contributed by atoms with Gasteiger partial charge in [0.1, 0.15) is 0 Å². The smallest absolute Gasteiger partial charge is 0.307 e. The number of piperidine rings is 1. The van der Waals surface area contributed by atoms with E-state index in [9.17, 15) is 18.3 Å². The van der Waals surface area contributed by atoms with Crippen molar-refractivity contribution in [2.24, 2.45) is 5.92 Å². The number of aliphatic carboxylic acids is 1. The van der Waals surface area contributed by atoms with E-state index in [1.54, 1.807) is 19.2 Å². The van der Waals surface area contributed by atoms with Crippen LogP contribution in [0.3, 0.4) is 0 Å². The third-order valence-electron chi connectivity index (χ3n) is 6.00. The SMILES string of the molecule is CN1c2ccccc2C(=CCCN2CCCC(C(=O)O)C2)c2ccccc2S1(=O)=O. The number of para-hydroxylation sites is 1. The lowest BCUT2D eigenvalue weighted by molar-refractivity contribution is -0.143. The van der Waals surface area contributed by atoms with E-state index in [4.69, 9.17) is 0 Å². The Morgan fingerprint density at radius 2 is 1.83 bits per heavy atom. The zero-order valence-electron chi connectivity index (χ0n) is 17.0. The van der Waals surface area contributed by atoms with Gasteiger partial charge < -0.3 is 10.0 Å². The van der Waals surface area contributed by atoms with Gasteiger partial charge in [-0.25, -0.2) is 8.42 Å². The second-order valence-corrected chi connectivity index (χ2v) is 9.81. The molecule has 0 bridgehead atoms. The van der Waals surface area contributed by atoms with Crippen molar-refractivity contribution in [1.82, 2.24) is 4.90 Å². The molecule has 2 aliphatic heterocycles. The van der Waals surface area contributed by atoms with Crippen molar-refractivity contribution in [3.8, 4) is 0 Å². The van der Waals surface area contributed by atoms with Crippen molar-refractivity contribution in [3.05, 3.63) is 65.7 Å². The largest absolute Gasteiger partial charge is 0.481 e. The van der Waals surface area contributed by atoms with Gasteiger partial charge in [-0.2, -0.15) is 0 Å². The normalized spacial score (nSPS) is 22.2. The van der Waals surface area contributed by atoms with Crippen LogP contribution in [-0.4, -0.2) is 51.1 Å². The van der Waals surface area contributed by atoms with Crippen molar-refractivity contribution < 1.29 is 18.3 Å². The summed E-state index contributed by atoms with van der Waals surface area (Å²) in [6, 6.07) is 14.7. The lowest BCUT2D eigenvalue weighted by atomic mass is 9.95. The fourth-order valence-electron chi connectivity index (χ4n) is 4.38. The molecule has 158 valence electrons. The third kappa shape index (κ3) is 3.75. The summed E-state index contributed by atoms with van der Waals surface area (Å²) in [5.41, 5.74) is 3.15. The maximum absolute atomic E-state index is 13.2. The number of fused-ring (bicyclic) bond motifs is 2. The summed E-state index contributed by atoms with van der Waals surface area (Å²) < 4.78 is 27.7. The molecule has 0 aliphatic carbocycles. The summed E-state index contributed by atoms with van der Waals surface area (Å²) in [6.07, 6.45) is 4.44. The van der Waals surface area contributed by atoms with Gasteiger partial charge in [-0.3, -0.25) is 9.10 Å². The molecule has 1 fully saturated rings. The predicted molar refractivity (Wildman–Crippen MR) is 117 cm³/mol. The Labute approximate surface area is 177 Å². The summed E-state index contributed by atoms with van der Waals surface area (Å²) in [4.78, 5) is 13.8. The predicted octanol–water partition coefficient (Wildman–Crippen LogP) is 3.44. The van der Waals surface area contributed by atoms with E-state index in [-0.39, 0.29) is 5.92 Å². The van der Waals surface area contributed by atoms with E-state index in [0.717, 1.165) is 37.1 Å². The maximum Gasteiger partial charge on any atom is 0.307 e. The van der Waals surface area contributed by atoms with E-state index < -0.39 is 16.0 Å². The Bertz CT molecular complexity index is 1090. The van der Waals surface area contributed by atoms with Gasteiger partial charge >= 0.3 is 5.97 Å². The molecule has 2 aliphatic rings. The quantitative estimate of drug-likeness (QED) is 0.810. The maximum atomic E-state index is 13.2. The van der Waals surface area contributed by atoms with Crippen molar-refractivity contribution in [2.45, 2.75) is 24.2 Å². The highest BCUT2D eigenvalue weighted by Gasteiger charge is 2.31. The number of carbonyl (C=O) groups is 1. The van der Waals surface area contributed by atoms with E-state index in [1.807, 2.05) is 36.4 Å². The molecular weight excluding hydrogens is 400 g/mol. The molecule has 1 unspecified atom stereocenters. The average molecular weight is 427 g/mol. The number of hydrogen-bond acceptors (Lipinski definition) is 4. The Hall–Kier alpha value is -2.64. The zero-order chi connectivity index (χ0) is 21.3. The minimum absolute atomic E-state index is 0.301. The molecule has 1 saturated heterocycles. The molecule has 0 aromatic heterocycles. The molecule has 0 saturated carbocycles. The fourth-order valence-corrected chi connectivity index (χ4v) is 5.80. The van der Waals surface area contributed by atoms with E-state index in [2.05, 4.69) is 11.0 Å². The Morgan fingerprint density at radius 1 is 1.13 bits per heavy atom. The standard InChI is InChI=1S/C23H26N2O4S/c1-24-21-12-4-2-9-19(21)18(20-10-3-5-13-22(20)30(24,28)29)11-7-15-25-14-6-8-17(16-25)23(26)27/h2-5,9-13,17H,6-8,14-16H2,1H3,(H,26,27). The lowest BCUT2D eigenvalue weighted by Gasteiger charge is -2.30. The number of carboxylic acids is 1. The van der Waals surface area contributed by atoms with Gasteiger partial charge in [0.2, 0.25) is 0 Å². The van der Waals surface area contributed by atoms with E-state index >= 15 is 0 Å². The van der Waals surface area contributed by atoms with E-state index in [1.165, 1.54) is 4.31 Å². The molecule has 2 aromatic carbocycles. The number of nitrogens with zero attached hydrogens (tertiary/aromatic N) is 2. The minimum atomic E-state index is -3.65. The fraction of sp³-hybridized carbons (Fsp3) is 0.348. The highest BCUT2D eigenvalue weighted by atomic mass is 32.2. The van der Waals surface area contributed by atoms with Crippen LogP contribution in [0.1, 0.15) is 30.4 Å². The molecule has 6 nitrogen and oxygen atoms in total. The minimum Gasteiger partial charge on any atom is -0.481 e. The third-order valence-corrected chi connectivity index (χ3v) is 7.83. The van der Waals surface area contributed by atoms with Crippen LogP contribution in [0.25, 0.3) is 5.57 Å². The Morgan fingerprint density at radius 3 is 2.60 bits per heavy atom. The van der Waals surface area contributed by atoms with Gasteiger partial charge in [0.05, 0.1) is 16.5 Å². The first kappa shape index (κ1) is 20.6. The molecule has 0 radical (unpaired) electrons. The van der Waals surface area contributed by atoms with Crippen LogP contribution in [0.15, 0.2) is 59.5 Å². The van der Waals surface area contributed by atoms with E-state index in [0.29, 0.717) is 29.1 Å². The molecule has 2 aromatic rings. The Balaban J connectivity index is 1.69. The van der Waals surface area contributed by atoms with Crippen LogP contribution < -0.4 is 4.31 Å². The summed E-state index contributed by atoms with van der Waals surface area (Å²) in [5.74, 6) is -1.03. The van der Waals surface area contributed by atoms with Gasteiger partial charge in [-0.1, -0.05) is 42.5 Å². The number of sulfonamides is 1. The van der Waals surface area contributed by atoms with Crippen LogP contribution >= 0.6 is 0 Å². The van der Waals surface area contributed by atoms with Crippen molar-refractivity contribution >= 4 is 27.3 Å². The van der Waals surface area contributed by atoms with Crippen LogP contribution in [0.2, 0.25) is 0 Å². The van der Waals surface area contributed by atoms with Gasteiger partial charge in [-0.15, -0.1) is 0 Å². The monoisotopic (exact) mass is 426 g/mol. The summed E-state index contributed by atoms with van der Waals surface area (Å²) in [6.45, 7) is 2.22. The molecule has 1 atom stereocenters. The van der Waals surface area contributed by atoms with Gasteiger partial charge in [0, 0.05) is 31.3 Å². The zero-order valence-corrected chi connectivity index (χ0v) is 17.8. The number of likely N-dealkylation sites (tertiary alicyclic amines) is 1. The van der Waals surface area contributed by atoms with Crippen LogP contribution in [0.4, 0.5) is 5.69 Å². The molecule has 2 heterocycles. The van der Waals surface area contributed by atoms with Crippen LogP contribution in [-0.2, 0) is 14.8 Å². The Kier molecular flexibility index (Phi) is 5.66. The number of rotatable bonds is 4. The first-order valence-electron chi connectivity index (χ1n) is 10.2.